The van der Waals surface area contributed by atoms with Crippen molar-refractivity contribution in [3.8, 4) is 11.4 Å². The number of sulfonamides is 1. The van der Waals surface area contributed by atoms with Crippen molar-refractivity contribution in [3.63, 3.8) is 0 Å². The van der Waals surface area contributed by atoms with Crippen LogP contribution < -0.4 is 10.5 Å². The highest BCUT2D eigenvalue weighted by atomic mass is 32.2. The Morgan fingerprint density at radius 3 is 2.50 bits per heavy atom. The van der Waals surface area contributed by atoms with Gasteiger partial charge < -0.3 is 9.84 Å². The Labute approximate surface area is 150 Å². The van der Waals surface area contributed by atoms with Crippen molar-refractivity contribution in [3.05, 3.63) is 60.0 Å². The van der Waals surface area contributed by atoms with Crippen molar-refractivity contribution in [2.45, 2.75) is 18.2 Å². The van der Waals surface area contributed by atoms with E-state index in [-0.39, 0.29) is 22.2 Å². The molecule has 3 rings (SSSR count). The lowest BCUT2D eigenvalue weighted by Crippen LogP contribution is -2.13. The summed E-state index contributed by atoms with van der Waals surface area (Å²) in [7, 11) is -3.90. The number of nitrogens with zero attached hydrogens (tertiary/aromatic N) is 2. The van der Waals surface area contributed by atoms with Gasteiger partial charge in [0, 0.05) is 18.2 Å². The molecule has 0 aliphatic heterocycles. The van der Waals surface area contributed by atoms with Crippen molar-refractivity contribution >= 4 is 21.6 Å². The number of nitrogens with one attached hydrogen (secondary N) is 1. The Kier molecular flexibility index (Phi) is 4.83. The molecule has 0 aliphatic carbocycles. The summed E-state index contributed by atoms with van der Waals surface area (Å²) in [5.41, 5.74) is 1.87. The molecule has 1 amide bonds. The number of hydrogen-bond acceptors (Lipinski definition) is 6. The van der Waals surface area contributed by atoms with Crippen molar-refractivity contribution < 1.29 is 17.7 Å². The summed E-state index contributed by atoms with van der Waals surface area (Å²) in [4.78, 5) is 15.2. The molecule has 0 bridgehead atoms. The summed E-state index contributed by atoms with van der Waals surface area (Å²) < 4.78 is 28.6. The van der Waals surface area contributed by atoms with Gasteiger partial charge in [-0.15, -0.1) is 0 Å². The van der Waals surface area contributed by atoms with Gasteiger partial charge in [-0.25, -0.2) is 13.6 Å². The largest absolute Gasteiger partial charge is 0.339 e. The SMILES string of the molecule is CC(=O)Nc1ccc(Cc2nc(-c3ccccc3S(N)(=O)=O)no2)cc1. The maximum absolute atomic E-state index is 11.7. The first-order valence-electron chi connectivity index (χ1n) is 7.64. The Morgan fingerprint density at radius 1 is 1.15 bits per heavy atom. The minimum absolute atomic E-state index is 0.0630. The van der Waals surface area contributed by atoms with Gasteiger partial charge in [0.25, 0.3) is 0 Å². The van der Waals surface area contributed by atoms with E-state index in [1.165, 1.54) is 13.0 Å². The fraction of sp³-hybridized carbons (Fsp3) is 0.118. The molecule has 134 valence electrons. The lowest BCUT2D eigenvalue weighted by Gasteiger charge is -2.03. The molecule has 3 aromatic rings. The van der Waals surface area contributed by atoms with Gasteiger partial charge in [-0.2, -0.15) is 4.98 Å². The van der Waals surface area contributed by atoms with Crippen molar-refractivity contribution in [2.24, 2.45) is 5.14 Å². The molecule has 8 nitrogen and oxygen atoms in total. The van der Waals surface area contributed by atoms with Crippen LogP contribution in [0.1, 0.15) is 18.4 Å². The first-order valence-corrected chi connectivity index (χ1v) is 9.19. The van der Waals surface area contributed by atoms with Crippen LogP contribution in [0, 0.1) is 0 Å². The second-order valence-electron chi connectivity index (χ2n) is 5.61. The van der Waals surface area contributed by atoms with Crippen LogP contribution in [0.5, 0.6) is 0 Å². The van der Waals surface area contributed by atoms with Gasteiger partial charge in [0.05, 0.1) is 11.3 Å². The van der Waals surface area contributed by atoms with Crippen LogP contribution in [0.25, 0.3) is 11.4 Å². The van der Waals surface area contributed by atoms with Crippen LogP contribution in [0.15, 0.2) is 57.9 Å². The fourth-order valence-corrected chi connectivity index (χ4v) is 3.15. The predicted octanol–water partition coefficient (Wildman–Crippen LogP) is 1.93. The first kappa shape index (κ1) is 17.8. The third kappa shape index (κ3) is 4.13. The third-order valence-corrected chi connectivity index (χ3v) is 4.50. The highest BCUT2D eigenvalue weighted by Gasteiger charge is 2.18. The lowest BCUT2D eigenvalue weighted by atomic mass is 10.1. The highest BCUT2D eigenvalue weighted by molar-refractivity contribution is 7.89. The van der Waals surface area contributed by atoms with Crippen molar-refractivity contribution in [1.29, 1.82) is 0 Å². The summed E-state index contributed by atoms with van der Waals surface area (Å²) in [5, 5.41) is 11.8. The van der Waals surface area contributed by atoms with E-state index in [1.807, 2.05) is 12.1 Å². The molecular weight excluding hydrogens is 356 g/mol. The number of benzene rings is 2. The number of carbonyl (C=O) groups is 1. The number of amides is 1. The Bertz CT molecular complexity index is 1040. The molecule has 0 spiro atoms. The maximum Gasteiger partial charge on any atom is 0.238 e. The summed E-state index contributed by atoms with van der Waals surface area (Å²) >= 11 is 0. The van der Waals surface area contributed by atoms with Crippen LogP contribution in [-0.2, 0) is 21.2 Å². The van der Waals surface area contributed by atoms with Crippen LogP contribution in [0.3, 0.4) is 0 Å². The predicted molar refractivity (Wildman–Crippen MR) is 94.7 cm³/mol. The van der Waals surface area contributed by atoms with Gasteiger partial charge in [-0.1, -0.05) is 29.4 Å². The molecule has 2 aromatic carbocycles. The normalized spacial score (nSPS) is 11.3. The number of nitrogens with two attached hydrogens (primary N) is 1. The molecule has 0 aliphatic rings. The topological polar surface area (TPSA) is 128 Å². The van der Waals surface area contributed by atoms with Gasteiger partial charge in [0.15, 0.2) is 0 Å². The summed E-state index contributed by atoms with van der Waals surface area (Å²) in [6.45, 7) is 1.44. The molecule has 0 unspecified atom stereocenters. The highest BCUT2D eigenvalue weighted by Crippen LogP contribution is 2.24. The Morgan fingerprint density at radius 2 is 1.85 bits per heavy atom. The van der Waals surface area contributed by atoms with Gasteiger partial charge in [0.1, 0.15) is 0 Å². The van der Waals surface area contributed by atoms with E-state index >= 15 is 0 Å². The van der Waals surface area contributed by atoms with Crippen LogP contribution >= 0.6 is 0 Å². The Balaban J connectivity index is 1.82. The van der Waals surface area contributed by atoms with E-state index in [0.717, 1.165) is 5.56 Å². The molecular formula is C17H16N4O4S. The number of rotatable bonds is 5. The van der Waals surface area contributed by atoms with Crippen molar-refractivity contribution in [2.75, 3.05) is 5.32 Å². The molecule has 1 aromatic heterocycles. The fourth-order valence-electron chi connectivity index (χ4n) is 2.42. The smallest absolute Gasteiger partial charge is 0.238 e. The summed E-state index contributed by atoms with van der Waals surface area (Å²) in [6.07, 6.45) is 0.366. The number of aromatic nitrogens is 2. The molecule has 3 N–H and O–H groups in total. The standard InChI is InChI=1S/C17H16N4O4S/c1-11(22)19-13-8-6-12(7-9-13)10-16-20-17(21-25-16)14-4-2-3-5-15(14)26(18,23)24/h2-9H,10H2,1H3,(H,19,22)(H2,18,23,24). The molecule has 0 fully saturated rings. The van der Waals surface area contributed by atoms with E-state index in [2.05, 4.69) is 15.5 Å². The molecule has 26 heavy (non-hydrogen) atoms. The van der Waals surface area contributed by atoms with Crippen LogP contribution in [0.2, 0.25) is 0 Å². The average Bonchev–Trinajstić information content (AvgIpc) is 3.04. The number of hydrogen-bond donors (Lipinski definition) is 2. The summed E-state index contributed by atoms with van der Waals surface area (Å²) in [5.74, 6) is 0.337. The zero-order valence-corrected chi connectivity index (χ0v) is 14.7. The van der Waals surface area contributed by atoms with E-state index < -0.39 is 10.0 Å². The van der Waals surface area contributed by atoms with E-state index in [0.29, 0.717) is 18.0 Å². The zero-order chi connectivity index (χ0) is 18.7. The van der Waals surface area contributed by atoms with Gasteiger partial charge in [0.2, 0.25) is 27.6 Å². The number of anilines is 1. The lowest BCUT2D eigenvalue weighted by molar-refractivity contribution is -0.114. The molecule has 1 heterocycles. The van der Waals surface area contributed by atoms with E-state index in [4.69, 9.17) is 9.66 Å². The number of primary sulfonamides is 1. The molecule has 0 saturated carbocycles. The van der Waals surface area contributed by atoms with Crippen molar-refractivity contribution in [1.82, 2.24) is 10.1 Å². The van der Waals surface area contributed by atoms with Crippen LogP contribution in [0.4, 0.5) is 5.69 Å². The van der Waals surface area contributed by atoms with Gasteiger partial charge in [-0.3, -0.25) is 4.79 Å². The summed E-state index contributed by atoms with van der Waals surface area (Å²) in [6, 6.07) is 13.4. The monoisotopic (exact) mass is 372 g/mol. The molecule has 9 heteroatoms. The first-order chi connectivity index (χ1) is 12.3. The molecule has 0 atom stereocenters. The van der Waals surface area contributed by atoms with Gasteiger partial charge in [-0.05, 0) is 29.8 Å². The second kappa shape index (κ2) is 7.06. The second-order valence-corrected chi connectivity index (χ2v) is 7.14. The zero-order valence-electron chi connectivity index (χ0n) is 13.8. The van der Waals surface area contributed by atoms with Gasteiger partial charge >= 0.3 is 0 Å². The van der Waals surface area contributed by atoms with E-state index in [1.54, 1.807) is 30.3 Å². The third-order valence-electron chi connectivity index (χ3n) is 3.53. The quantitative estimate of drug-likeness (QED) is 0.704. The maximum atomic E-state index is 11.7. The molecule has 0 radical (unpaired) electrons. The minimum atomic E-state index is -3.90. The van der Waals surface area contributed by atoms with E-state index in [9.17, 15) is 13.2 Å². The number of carbonyl (C=O) groups excluding carboxylic acids is 1. The minimum Gasteiger partial charge on any atom is -0.339 e. The Hall–Kier alpha value is -3.04. The van der Waals surface area contributed by atoms with Crippen LogP contribution in [-0.4, -0.2) is 24.5 Å². The molecule has 0 saturated heterocycles. The average molecular weight is 372 g/mol.